The van der Waals surface area contributed by atoms with Gasteiger partial charge in [0.05, 0.1) is 13.5 Å². The highest BCUT2D eigenvalue weighted by atomic mass is 16.6. The van der Waals surface area contributed by atoms with Gasteiger partial charge in [0.15, 0.2) is 0 Å². The van der Waals surface area contributed by atoms with Gasteiger partial charge in [0, 0.05) is 0 Å². The molecule has 0 saturated carbocycles. The van der Waals surface area contributed by atoms with Crippen LogP contribution in [0.1, 0.15) is 17.5 Å². The van der Waals surface area contributed by atoms with Gasteiger partial charge in [0.2, 0.25) is 0 Å². The van der Waals surface area contributed by atoms with E-state index < -0.39 is 24.1 Å². The first-order valence-electron chi connectivity index (χ1n) is 8.33. The van der Waals surface area contributed by atoms with E-state index >= 15 is 0 Å². The maximum atomic E-state index is 12.3. The number of rotatable bonds is 8. The largest absolute Gasteiger partial charge is 0.461 e. The molecule has 0 heterocycles. The van der Waals surface area contributed by atoms with Crippen LogP contribution in [-0.2, 0) is 37.0 Å². The Bertz CT molecular complexity index is 748. The zero-order valence-corrected chi connectivity index (χ0v) is 14.9. The second kappa shape index (κ2) is 10.6. The second-order valence-electron chi connectivity index (χ2n) is 5.63. The van der Waals surface area contributed by atoms with Crippen LogP contribution >= 0.6 is 0 Å². The molecule has 7 nitrogen and oxygen atoms in total. The first-order chi connectivity index (χ1) is 13.1. The Morgan fingerprint density at radius 2 is 1.37 bits per heavy atom. The van der Waals surface area contributed by atoms with E-state index in [0.717, 1.165) is 18.2 Å². The molecule has 2 aromatic carbocycles. The predicted molar refractivity (Wildman–Crippen MR) is 96.4 cm³/mol. The molecule has 2 aromatic rings. The van der Waals surface area contributed by atoms with Crippen molar-refractivity contribution in [3.05, 3.63) is 71.8 Å². The Morgan fingerprint density at radius 3 is 1.89 bits per heavy atom. The average molecular weight is 371 g/mol. The average Bonchev–Trinajstić information content (AvgIpc) is 2.71. The van der Waals surface area contributed by atoms with E-state index in [0.29, 0.717) is 0 Å². The van der Waals surface area contributed by atoms with Gasteiger partial charge >= 0.3 is 18.0 Å². The summed E-state index contributed by atoms with van der Waals surface area (Å²) in [4.78, 5) is 35.8. The molecule has 27 heavy (non-hydrogen) atoms. The van der Waals surface area contributed by atoms with E-state index in [1.54, 1.807) is 12.1 Å². The number of ether oxygens (including phenoxy) is 3. The van der Waals surface area contributed by atoms with Gasteiger partial charge in [-0.1, -0.05) is 60.7 Å². The minimum atomic E-state index is -1.20. The molecule has 0 saturated heterocycles. The number of hydrogen-bond acceptors (Lipinski definition) is 6. The number of carbonyl (C=O) groups excluding carboxylic acids is 3. The highest BCUT2D eigenvalue weighted by Crippen LogP contribution is 2.07. The lowest BCUT2D eigenvalue weighted by Crippen LogP contribution is -2.43. The maximum Gasteiger partial charge on any atom is 0.407 e. The van der Waals surface area contributed by atoms with E-state index in [2.05, 4.69) is 10.1 Å². The number of carbonyl (C=O) groups is 3. The summed E-state index contributed by atoms with van der Waals surface area (Å²) >= 11 is 0. The molecule has 2 rings (SSSR count). The smallest absolute Gasteiger partial charge is 0.407 e. The van der Waals surface area contributed by atoms with Crippen LogP contribution in [0.4, 0.5) is 4.79 Å². The summed E-state index contributed by atoms with van der Waals surface area (Å²) in [5.74, 6) is -1.39. The third kappa shape index (κ3) is 7.19. The monoisotopic (exact) mass is 371 g/mol. The number of esters is 2. The van der Waals surface area contributed by atoms with Crippen LogP contribution in [0, 0.1) is 0 Å². The lowest BCUT2D eigenvalue weighted by atomic mass is 10.2. The molecule has 0 aliphatic carbocycles. The van der Waals surface area contributed by atoms with Crippen LogP contribution in [0.2, 0.25) is 0 Å². The number of methoxy groups -OCH3 is 1. The summed E-state index contributed by atoms with van der Waals surface area (Å²) in [7, 11) is 1.16. The van der Waals surface area contributed by atoms with Crippen molar-refractivity contribution in [1.82, 2.24) is 5.32 Å². The Hall–Kier alpha value is -3.35. The fourth-order valence-electron chi connectivity index (χ4n) is 2.19. The summed E-state index contributed by atoms with van der Waals surface area (Å²) in [6.45, 7) is 0.0990. The fraction of sp³-hybridized carbons (Fsp3) is 0.250. The molecule has 0 aliphatic rings. The summed E-state index contributed by atoms with van der Waals surface area (Å²) in [6.07, 6.45) is -1.21. The van der Waals surface area contributed by atoms with Crippen molar-refractivity contribution in [2.75, 3.05) is 7.11 Å². The van der Waals surface area contributed by atoms with Crippen molar-refractivity contribution in [2.45, 2.75) is 25.7 Å². The van der Waals surface area contributed by atoms with Gasteiger partial charge in [-0.25, -0.2) is 9.59 Å². The quantitative estimate of drug-likeness (QED) is 0.567. The predicted octanol–water partition coefficient (Wildman–Crippen LogP) is 2.59. The van der Waals surface area contributed by atoms with Crippen LogP contribution in [0.15, 0.2) is 60.7 Å². The molecule has 0 aliphatic heterocycles. The topological polar surface area (TPSA) is 90.9 Å². The summed E-state index contributed by atoms with van der Waals surface area (Å²) in [5.41, 5.74) is 1.60. The van der Waals surface area contributed by atoms with Gasteiger partial charge in [0.25, 0.3) is 0 Å². The molecule has 1 N–H and O–H groups in total. The highest BCUT2D eigenvalue weighted by molar-refractivity contribution is 5.86. The molecule has 0 aromatic heterocycles. The van der Waals surface area contributed by atoms with Crippen molar-refractivity contribution >= 4 is 18.0 Å². The number of benzene rings is 2. The zero-order valence-electron chi connectivity index (χ0n) is 14.9. The van der Waals surface area contributed by atoms with Gasteiger partial charge in [-0.05, 0) is 11.1 Å². The van der Waals surface area contributed by atoms with Crippen molar-refractivity contribution in [1.29, 1.82) is 0 Å². The van der Waals surface area contributed by atoms with Crippen LogP contribution in [0.5, 0.6) is 0 Å². The van der Waals surface area contributed by atoms with E-state index in [9.17, 15) is 14.4 Å². The van der Waals surface area contributed by atoms with Crippen molar-refractivity contribution in [2.24, 2.45) is 0 Å². The maximum absolute atomic E-state index is 12.3. The zero-order chi connectivity index (χ0) is 19.5. The number of amides is 1. The lowest BCUT2D eigenvalue weighted by molar-refractivity contribution is -0.154. The third-order valence-electron chi connectivity index (χ3n) is 3.60. The Balaban J connectivity index is 1.90. The molecule has 0 spiro atoms. The summed E-state index contributed by atoms with van der Waals surface area (Å²) < 4.78 is 14.8. The SMILES string of the molecule is COC(=O)N[C@@H](CC(=O)OCc1ccccc1)C(=O)OCc1ccccc1. The highest BCUT2D eigenvalue weighted by Gasteiger charge is 2.26. The van der Waals surface area contributed by atoms with Gasteiger partial charge in [0.1, 0.15) is 19.3 Å². The molecular formula is C20H21NO6. The molecular weight excluding hydrogens is 350 g/mol. The van der Waals surface area contributed by atoms with Gasteiger partial charge < -0.3 is 19.5 Å². The number of nitrogens with one attached hydrogen (secondary N) is 1. The minimum absolute atomic E-state index is 0.0259. The number of alkyl carbamates (subject to hydrolysis) is 1. The molecule has 0 fully saturated rings. The molecule has 0 unspecified atom stereocenters. The van der Waals surface area contributed by atoms with E-state index in [1.807, 2.05) is 48.5 Å². The number of hydrogen-bond donors (Lipinski definition) is 1. The van der Waals surface area contributed by atoms with E-state index in [-0.39, 0.29) is 19.6 Å². The first-order valence-corrected chi connectivity index (χ1v) is 8.33. The molecule has 0 bridgehead atoms. The standard InChI is InChI=1S/C20H21NO6/c1-25-20(24)21-17(19(23)27-14-16-10-6-3-7-11-16)12-18(22)26-13-15-8-4-2-5-9-15/h2-11,17H,12-14H2,1H3,(H,21,24)/t17-/m0/s1. The van der Waals surface area contributed by atoms with Crippen molar-refractivity contribution in [3.63, 3.8) is 0 Å². The van der Waals surface area contributed by atoms with E-state index in [4.69, 9.17) is 9.47 Å². The minimum Gasteiger partial charge on any atom is -0.461 e. The first kappa shape index (κ1) is 20.0. The third-order valence-corrected chi connectivity index (χ3v) is 3.60. The van der Waals surface area contributed by atoms with Gasteiger partial charge in [-0.3, -0.25) is 4.79 Å². The van der Waals surface area contributed by atoms with E-state index in [1.165, 1.54) is 0 Å². The van der Waals surface area contributed by atoms with Crippen LogP contribution in [0.25, 0.3) is 0 Å². The lowest BCUT2D eigenvalue weighted by Gasteiger charge is -2.16. The molecule has 7 heteroatoms. The Labute approximate surface area is 157 Å². The normalized spacial score (nSPS) is 11.1. The summed E-state index contributed by atoms with van der Waals surface area (Å²) in [6, 6.07) is 17.0. The molecule has 142 valence electrons. The van der Waals surface area contributed by atoms with Crippen LogP contribution < -0.4 is 5.32 Å². The Kier molecular flexibility index (Phi) is 7.84. The van der Waals surface area contributed by atoms with Crippen LogP contribution in [0.3, 0.4) is 0 Å². The molecule has 1 amide bonds. The molecule has 0 radical (unpaired) electrons. The van der Waals surface area contributed by atoms with Crippen LogP contribution in [-0.4, -0.2) is 31.2 Å². The summed E-state index contributed by atoms with van der Waals surface area (Å²) in [5, 5.41) is 2.30. The van der Waals surface area contributed by atoms with Crippen molar-refractivity contribution in [3.8, 4) is 0 Å². The van der Waals surface area contributed by atoms with Gasteiger partial charge in [-0.2, -0.15) is 0 Å². The van der Waals surface area contributed by atoms with Gasteiger partial charge in [-0.15, -0.1) is 0 Å². The fourth-order valence-corrected chi connectivity index (χ4v) is 2.19. The second-order valence-corrected chi connectivity index (χ2v) is 5.63. The molecule has 1 atom stereocenters. The van der Waals surface area contributed by atoms with Crippen molar-refractivity contribution < 1.29 is 28.6 Å². The Morgan fingerprint density at radius 1 is 0.852 bits per heavy atom.